The maximum Gasteiger partial charge on any atom is 0.0474 e. The molecule has 2 heteroatoms. The Labute approximate surface area is 125 Å². The molecule has 0 heterocycles. The van der Waals surface area contributed by atoms with Crippen molar-refractivity contribution in [2.45, 2.75) is 90.6 Å². The Hall–Kier alpha value is -0.0800. The molecular formula is C18H35NO. The maximum absolute atomic E-state index is 9.53. The minimum absolute atomic E-state index is 0.371. The standard InChI is InChI=1S/C18H35NO/c1-4-18(2,3)15-9-11-16(12-10-15)19-17-8-6-5-7-14(17)13-20/h14-17,19-20H,4-13H2,1-3H3. The fourth-order valence-corrected chi connectivity index (χ4v) is 4.28. The van der Waals surface area contributed by atoms with Crippen LogP contribution in [0.25, 0.3) is 0 Å². The first-order valence-corrected chi connectivity index (χ1v) is 8.93. The van der Waals surface area contributed by atoms with Gasteiger partial charge in [0.2, 0.25) is 0 Å². The van der Waals surface area contributed by atoms with Crippen molar-refractivity contribution in [1.29, 1.82) is 0 Å². The van der Waals surface area contributed by atoms with Gasteiger partial charge in [0.15, 0.2) is 0 Å². The van der Waals surface area contributed by atoms with E-state index in [0.717, 1.165) is 5.92 Å². The first-order valence-electron chi connectivity index (χ1n) is 8.93. The number of nitrogens with one attached hydrogen (secondary N) is 1. The second-order valence-corrected chi connectivity index (χ2v) is 7.89. The Bertz CT molecular complexity index is 281. The predicted molar refractivity (Wildman–Crippen MR) is 85.8 cm³/mol. The number of aliphatic hydroxyl groups is 1. The highest BCUT2D eigenvalue weighted by molar-refractivity contribution is 4.88. The smallest absolute Gasteiger partial charge is 0.0474 e. The molecule has 0 radical (unpaired) electrons. The van der Waals surface area contributed by atoms with Crippen molar-refractivity contribution in [2.24, 2.45) is 17.3 Å². The van der Waals surface area contributed by atoms with Crippen LogP contribution >= 0.6 is 0 Å². The van der Waals surface area contributed by atoms with Crippen molar-refractivity contribution in [1.82, 2.24) is 5.32 Å². The molecule has 118 valence electrons. The summed E-state index contributed by atoms with van der Waals surface area (Å²) in [5.41, 5.74) is 0.517. The van der Waals surface area contributed by atoms with Crippen LogP contribution < -0.4 is 5.32 Å². The second-order valence-electron chi connectivity index (χ2n) is 7.89. The Morgan fingerprint density at radius 2 is 1.65 bits per heavy atom. The summed E-state index contributed by atoms with van der Waals surface area (Å²) < 4.78 is 0. The molecule has 2 N–H and O–H groups in total. The van der Waals surface area contributed by atoms with Crippen LogP contribution in [0.5, 0.6) is 0 Å². The number of hydrogen-bond acceptors (Lipinski definition) is 2. The molecule has 2 fully saturated rings. The average Bonchev–Trinajstić information content (AvgIpc) is 2.48. The third-order valence-electron chi connectivity index (χ3n) is 6.34. The Kier molecular flexibility index (Phi) is 5.92. The van der Waals surface area contributed by atoms with E-state index in [1.165, 1.54) is 57.8 Å². The van der Waals surface area contributed by atoms with Crippen molar-refractivity contribution >= 4 is 0 Å². The van der Waals surface area contributed by atoms with E-state index < -0.39 is 0 Å². The molecule has 2 atom stereocenters. The zero-order valence-electron chi connectivity index (χ0n) is 13.8. The highest BCUT2D eigenvalue weighted by Crippen LogP contribution is 2.40. The number of hydrogen-bond donors (Lipinski definition) is 2. The van der Waals surface area contributed by atoms with Gasteiger partial charge in [0.25, 0.3) is 0 Å². The van der Waals surface area contributed by atoms with Crippen LogP contribution in [-0.4, -0.2) is 23.8 Å². The van der Waals surface area contributed by atoms with Crippen molar-refractivity contribution in [3.63, 3.8) is 0 Å². The average molecular weight is 281 g/mol. The molecule has 2 aliphatic rings. The lowest BCUT2D eigenvalue weighted by Crippen LogP contribution is -2.47. The van der Waals surface area contributed by atoms with Gasteiger partial charge in [-0.05, 0) is 55.8 Å². The van der Waals surface area contributed by atoms with Crippen molar-refractivity contribution in [3.05, 3.63) is 0 Å². The fourth-order valence-electron chi connectivity index (χ4n) is 4.28. The number of aliphatic hydroxyl groups excluding tert-OH is 1. The van der Waals surface area contributed by atoms with Crippen LogP contribution in [0.15, 0.2) is 0 Å². The summed E-state index contributed by atoms with van der Waals surface area (Å²) in [5.74, 6) is 1.42. The van der Waals surface area contributed by atoms with Gasteiger partial charge in [0.05, 0.1) is 0 Å². The zero-order valence-corrected chi connectivity index (χ0v) is 13.8. The molecule has 0 aromatic carbocycles. The Morgan fingerprint density at radius 3 is 2.25 bits per heavy atom. The topological polar surface area (TPSA) is 32.3 Å². The number of rotatable bonds is 5. The molecule has 0 aromatic rings. The monoisotopic (exact) mass is 281 g/mol. The Balaban J connectivity index is 1.79. The van der Waals surface area contributed by atoms with Crippen molar-refractivity contribution in [3.8, 4) is 0 Å². The van der Waals surface area contributed by atoms with Crippen molar-refractivity contribution in [2.75, 3.05) is 6.61 Å². The Morgan fingerprint density at radius 1 is 1.00 bits per heavy atom. The van der Waals surface area contributed by atoms with E-state index in [2.05, 4.69) is 26.1 Å². The van der Waals surface area contributed by atoms with E-state index in [1.807, 2.05) is 0 Å². The third-order valence-corrected chi connectivity index (χ3v) is 6.34. The predicted octanol–water partition coefficient (Wildman–Crippen LogP) is 4.12. The van der Waals surface area contributed by atoms with Gasteiger partial charge in [-0.1, -0.05) is 40.0 Å². The summed E-state index contributed by atoms with van der Waals surface area (Å²) in [6, 6.07) is 1.28. The van der Waals surface area contributed by atoms with Gasteiger partial charge in [0, 0.05) is 18.7 Å². The third kappa shape index (κ3) is 3.98. The van der Waals surface area contributed by atoms with Gasteiger partial charge < -0.3 is 10.4 Å². The van der Waals surface area contributed by atoms with E-state index in [1.54, 1.807) is 0 Å². The molecule has 0 bridgehead atoms. The van der Waals surface area contributed by atoms with Gasteiger partial charge in [-0.3, -0.25) is 0 Å². The molecule has 2 rings (SSSR count). The van der Waals surface area contributed by atoms with Gasteiger partial charge in [-0.15, -0.1) is 0 Å². The summed E-state index contributed by atoms with van der Waals surface area (Å²) in [4.78, 5) is 0. The molecule has 20 heavy (non-hydrogen) atoms. The van der Waals surface area contributed by atoms with Gasteiger partial charge in [0.1, 0.15) is 0 Å². The lowest BCUT2D eigenvalue weighted by atomic mass is 9.68. The quantitative estimate of drug-likeness (QED) is 0.794. The second kappa shape index (κ2) is 7.26. The fraction of sp³-hybridized carbons (Fsp3) is 1.00. The summed E-state index contributed by atoms with van der Waals surface area (Å²) in [7, 11) is 0. The molecule has 0 aliphatic heterocycles. The first-order chi connectivity index (χ1) is 9.56. The highest BCUT2D eigenvalue weighted by atomic mass is 16.3. The molecule has 2 aliphatic carbocycles. The molecule has 0 spiro atoms. The minimum atomic E-state index is 0.371. The van der Waals surface area contributed by atoms with Gasteiger partial charge in [-0.25, -0.2) is 0 Å². The van der Waals surface area contributed by atoms with E-state index in [4.69, 9.17) is 0 Å². The van der Waals surface area contributed by atoms with Crippen LogP contribution in [0.3, 0.4) is 0 Å². The SMILES string of the molecule is CCC(C)(C)C1CCC(NC2CCCCC2CO)CC1. The van der Waals surface area contributed by atoms with Crippen molar-refractivity contribution < 1.29 is 5.11 Å². The summed E-state index contributed by atoms with van der Waals surface area (Å²) in [6.07, 6.45) is 11.9. The van der Waals surface area contributed by atoms with Gasteiger partial charge in [-0.2, -0.15) is 0 Å². The lowest BCUT2D eigenvalue weighted by molar-refractivity contribution is 0.111. The molecule has 0 amide bonds. The normalized spacial score (nSPS) is 36.0. The van der Waals surface area contributed by atoms with E-state index in [-0.39, 0.29) is 0 Å². The van der Waals surface area contributed by atoms with Crippen LogP contribution in [-0.2, 0) is 0 Å². The minimum Gasteiger partial charge on any atom is -0.396 e. The van der Waals surface area contributed by atoms with Gasteiger partial charge >= 0.3 is 0 Å². The zero-order chi connectivity index (χ0) is 14.6. The van der Waals surface area contributed by atoms with Crippen LogP contribution in [0, 0.1) is 17.3 Å². The first kappa shape index (κ1) is 16.3. The molecule has 2 nitrogen and oxygen atoms in total. The van der Waals surface area contributed by atoms with Crippen LogP contribution in [0.4, 0.5) is 0 Å². The largest absolute Gasteiger partial charge is 0.396 e. The van der Waals surface area contributed by atoms with Crippen LogP contribution in [0.1, 0.15) is 78.6 Å². The highest BCUT2D eigenvalue weighted by Gasteiger charge is 2.33. The van der Waals surface area contributed by atoms with E-state index >= 15 is 0 Å². The molecular weight excluding hydrogens is 246 g/mol. The molecule has 2 saturated carbocycles. The summed E-state index contributed by atoms with van der Waals surface area (Å²) in [6.45, 7) is 7.58. The molecule has 2 unspecified atom stereocenters. The van der Waals surface area contributed by atoms with Crippen LogP contribution in [0.2, 0.25) is 0 Å². The van der Waals surface area contributed by atoms with E-state index in [9.17, 15) is 5.11 Å². The molecule has 0 aromatic heterocycles. The lowest BCUT2D eigenvalue weighted by Gasteiger charge is -2.41. The molecule has 0 saturated heterocycles. The maximum atomic E-state index is 9.53. The summed E-state index contributed by atoms with van der Waals surface area (Å²) >= 11 is 0. The van der Waals surface area contributed by atoms with E-state index in [0.29, 0.717) is 30.0 Å². The summed E-state index contributed by atoms with van der Waals surface area (Å²) in [5, 5.41) is 13.4.